The molecule has 0 aromatic rings. The van der Waals surface area contributed by atoms with Crippen LogP contribution in [0, 0.1) is 5.92 Å². The molecule has 0 radical (unpaired) electrons. The van der Waals surface area contributed by atoms with E-state index in [1.54, 1.807) is 0 Å². The third kappa shape index (κ3) is 0.441. The van der Waals surface area contributed by atoms with E-state index >= 15 is 0 Å². The van der Waals surface area contributed by atoms with E-state index in [9.17, 15) is 0 Å². The highest BCUT2D eigenvalue weighted by atomic mass is 16.5. The van der Waals surface area contributed by atoms with Crippen molar-refractivity contribution in [1.82, 2.24) is 0 Å². The Balaban J connectivity index is 2.19. The van der Waals surface area contributed by atoms with E-state index in [4.69, 9.17) is 4.74 Å². The lowest BCUT2D eigenvalue weighted by atomic mass is 10.3. The molecule has 0 aromatic heterocycles. The van der Waals surface area contributed by atoms with Crippen LogP contribution in [-0.2, 0) is 4.74 Å². The summed E-state index contributed by atoms with van der Waals surface area (Å²) in [7, 11) is 0. The van der Waals surface area contributed by atoms with Crippen molar-refractivity contribution in [2.45, 2.75) is 12.8 Å². The summed E-state index contributed by atoms with van der Waals surface area (Å²) in [5.41, 5.74) is 1.53. The summed E-state index contributed by atoms with van der Waals surface area (Å²) in [6.07, 6.45) is 4.51. The maximum Gasteiger partial charge on any atom is 0.0879 e. The first-order valence-electron chi connectivity index (χ1n) is 2.77. The van der Waals surface area contributed by atoms with Crippen LogP contribution in [0.25, 0.3) is 0 Å². The summed E-state index contributed by atoms with van der Waals surface area (Å²) in [4.78, 5) is 0. The van der Waals surface area contributed by atoms with Gasteiger partial charge in [0.2, 0.25) is 0 Å². The van der Waals surface area contributed by atoms with E-state index in [1.807, 2.05) is 6.26 Å². The quantitative estimate of drug-likeness (QED) is 0.442. The van der Waals surface area contributed by atoms with Crippen molar-refractivity contribution in [1.29, 1.82) is 0 Å². The van der Waals surface area contributed by atoms with Gasteiger partial charge in [0.25, 0.3) is 0 Å². The summed E-state index contributed by atoms with van der Waals surface area (Å²) in [5, 5.41) is 0. The molecule has 1 nitrogen and oxygen atoms in total. The predicted molar refractivity (Wildman–Crippen MR) is 26.8 cm³/mol. The van der Waals surface area contributed by atoms with Gasteiger partial charge < -0.3 is 4.74 Å². The lowest BCUT2D eigenvalue weighted by Gasteiger charge is -2.01. The number of ether oxygens (including phenoxy) is 1. The first kappa shape index (κ1) is 3.53. The fourth-order valence-electron chi connectivity index (χ4n) is 1.03. The number of hydrogen-bond acceptors (Lipinski definition) is 1. The molecule has 2 rings (SSSR count). The fraction of sp³-hybridized carbons (Fsp3) is 0.667. The first-order chi connectivity index (χ1) is 3.47. The topological polar surface area (TPSA) is 9.23 Å². The van der Waals surface area contributed by atoms with Gasteiger partial charge in [-0.2, -0.15) is 0 Å². The minimum absolute atomic E-state index is 0.939. The van der Waals surface area contributed by atoms with Crippen LogP contribution in [-0.4, -0.2) is 6.61 Å². The maximum absolute atomic E-state index is 5.06. The molecule has 0 saturated heterocycles. The predicted octanol–water partition coefficient (Wildman–Crippen LogP) is 1.31. The van der Waals surface area contributed by atoms with Crippen molar-refractivity contribution in [3.63, 3.8) is 0 Å². The van der Waals surface area contributed by atoms with Crippen LogP contribution in [0.4, 0.5) is 0 Å². The Hall–Kier alpha value is -0.460. The Morgan fingerprint density at radius 1 is 1.71 bits per heavy atom. The normalized spacial score (nSPS) is 35.4. The summed E-state index contributed by atoms with van der Waals surface area (Å²) in [6, 6.07) is 0. The van der Waals surface area contributed by atoms with Gasteiger partial charge in [-0.15, -0.1) is 0 Å². The van der Waals surface area contributed by atoms with Crippen LogP contribution in [0.3, 0.4) is 0 Å². The molecule has 1 unspecified atom stereocenters. The zero-order chi connectivity index (χ0) is 4.69. The Morgan fingerprint density at radius 3 is 3.29 bits per heavy atom. The highest BCUT2D eigenvalue weighted by molar-refractivity contribution is 5.22. The van der Waals surface area contributed by atoms with E-state index in [-0.39, 0.29) is 0 Å². The van der Waals surface area contributed by atoms with Crippen LogP contribution in [0.2, 0.25) is 0 Å². The average Bonchev–Trinajstić information content (AvgIpc) is 2.41. The van der Waals surface area contributed by atoms with Crippen molar-refractivity contribution in [3.05, 3.63) is 11.8 Å². The van der Waals surface area contributed by atoms with E-state index in [2.05, 4.69) is 0 Å². The van der Waals surface area contributed by atoms with Crippen molar-refractivity contribution in [2.24, 2.45) is 5.92 Å². The highest BCUT2D eigenvalue weighted by Gasteiger charge is 2.31. The van der Waals surface area contributed by atoms with E-state index in [1.165, 1.54) is 18.4 Å². The van der Waals surface area contributed by atoms with Crippen LogP contribution in [0.15, 0.2) is 11.8 Å². The van der Waals surface area contributed by atoms with Gasteiger partial charge in [0.1, 0.15) is 0 Å². The van der Waals surface area contributed by atoms with Gasteiger partial charge in [-0.3, -0.25) is 0 Å². The monoisotopic (exact) mass is 96.1 g/mol. The van der Waals surface area contributed by atoms with Crippen LogP contribution < -0.4 is 0 Å². The Labute approximate surface area is 43.0 Å². The first-order valence-corrected chi connectivity index (χ1v) is 2.77. The molecule has 0 bridgehead atoms. The highest BCUT2D eigenvalue weighted by Crippen LogP contribution is 2.42. The number of allylic oxidation sites excluding steroid dienone is 1. The minimum Gasteiger partial charge on any atom is -0.501 e. The molecule has 2 aliphatic rings. The van der Waals surface area contributed by atoms with Crippen LogP contribution >= 0.6 is 0 Å². The number of hydrogen-bond donors (Lipinski definition) is 0. The standard InChI is InChI=1S/C6H8O/c1-2-7-4-6-3-5(1)6/h4-5H,1-3H2. The molecule has 1 atom stereocenters. The molecule has 1 saturated carbocycles. The lowest BCUT2D eigenvalue weighted by Crippen LogP contribution is -1.92. The summed E-state index contributed by atoms with van der Waals surface area (Å²) in [6.45, 7) is 0.953. The Bertz CT molecular complexity index is 115. The maximum atomic E-state index is 5.06. The molecule has 1 aliphatic carbocycles. The largest absolute Gasteiger partial charge is 0.501 e. The third-order valence-corrected chi connectivity index (χ3v) is 1.67. The fourth-order valence-corrected chi connectivity index (χ4v) is 1.03. The third-order valence-electron chi connectivity index (χ3n) is 1.67. The average molecular weight is 96.1 g/mol. The van der Waals surface area contributed by atoms with Crippen molar-refractivity contribution >= 4 is 0 Å². The molecule has 1 aliphatic heterocycles. The molecule has 0 aromatic carbocycles. The van der Waals surface area contributed by atoms with Gasteiger partial charge in [0.05, 0.1) is 12.9 Å². The summed E-state index contributed by atoms with van der Waals surface area (Å²) < 4.78 is 5.06. The number of rotatable bonds is 0. The molecular weight excluding hydrogens is 88.1 g/mol. The smallest absolute Gasteiger partial charge is 0.0879 e. The molecule has 7 heavy (non-hydrogen) atoms. The van der Waals surface area contributed by atoms with Crippen molar-refractivity contribution < 1.29 is 4.74 Å². The van der Waals surface area contributed by atoms with Crippen LogP contribution in [0.5, 0.6) is 0 Å². The summed E-state index contributed by atoms with van der Waals surface area (Å²) in [5.74, 6) is 0.939. The van der Waals surface area contributed by atoms with Gasteiger partial charge >= 0.3 is 0 Å². The van der Waals surface area contributed by atoms with E-state index < -0.39 is 0 Å². The van der Waals surface area contributed by atoms with Gasteiger partial charge in [0.15, 0.2) is 0 Å². The molecule has 0 N–H and O–H groups in total. The minimum atomic E-state index is 0.939. The Morgan fingerprint density at radius 2 is 2.71 bits per heavy atom. The molecular formula is C6H8O. The van der Waals surface area contributed by atoms with Crippen molar-refractivity contribution in [2.75, 3.05) is 6.61 Å². The van der Waals surface area contributed by atoms with Gasteiger partial charge in [-0.25, -0.2) is 0 Å². The van der Waals surface area contributed by atoms with Crippen LogP contribution in [0.1, 0.15) is 12.8 Å². The molecule has 1 fully saturated rings. The Kier molecular flexibility index (Phi) is 0.518. The van der Waals surface area contributed by atoms with Gasteiger partial charge in [-0.05, 0) is 24.3 Å². The van der Waals surface area contributed by atoms with E-state index in [0.717, 1.165) is 12.5 Å². The summed E-state index contributed by atoms with van der Waals surface area (Å²) >= 11 is 0. The molecule has 1 heteroatoms. The van der Waals surface area contributed by atoms with Gasteiger partial charge in [-0.1, -0.05) is 0 Å². The second kappa shape index (κ2) is 1.03. The molecule has 1 heterocycles. The molecule has 0 spiro atoms. The van der Waals surface area contributed by atoms with E-state index in [0.29, 0.717) is 0 Å². The number of fused-ring (bicyclic) bond motifs is 1. The SMILES string of the molecule is C1=C2CC2CCO1. The van der Waals surface area contributed by atoms with Crippen molar-refractivity contribution in [3.8, 4) is 0 Å². The zero-order valence-corrected chi connectivity index (χ0v) is 4.18. The zero-order valence-electron chi connectivity index (χ0n) is 4.18. The van der Waals surface area contributed by atoms with Gasteiger partial charge in [0, 0.05) is 0 Å². The molecule has 0 amide bonds. The molecule has 38 valence electrons. The lowest BCUT2D eigenvalue weighted by molar-refractivity contribution is 0.227. The second-order valence-electron chi connectivity index (χ2n) is 2.25. The second-order valence-corrected chi connectivity index (χ2v) is 2.25.